The lowest BCUT2D eigenvalue weighted by molar-refractivity contribution is -0.160. The van der Waals surface area contributed by atoms with Gasteiger partial charge in [0.15, 0.2) is 0 Å². The summed E-state index contributed by atoms with van der Waals surface area (Å²) in [4.78, 5) is 42.3. The van der Waals surface area contributed by atoms with E-state index < -0.39 is 17.2 Å². The Morgan fingerprint density at radius 2 is 1.82 bits per heavy atom. The van der Waals surface area contributed by atoms with Gasteiger partial charge in [0.05, 0.1) is 34.0 Å². The molecule has 0 spiro atoms. The minimum absolute atomic E-state index is 0.0534. The maximum absolute atomic E-state index is 15.8. The number of hydrogen-bond donors (Lipinski definition) is 0. The zero-order valence-corrected chi connectivity index (χ0v) is 26.7. The van der Waals surface area contributed by atoms with Crippen LogP contribution in [-0.4, -0.2) is 64.4 Å². The number of carbonyl (C=O) groups excluding carboxylic acids is 3. The van der Waals surface area contributed by atoms with Crippen molar-refractivity contribution < 1.29 is 28.2 Å². The number of likely N-dealkylation sites (tertiary alicyclic amines) is 1. The normalized spacial score (nSPS) is 23.2. The average molecular weight is 626 g/mol. The third-order valence-corrected chi connectivity index (χ3v) is 9.93. The van der Waals surface area contributed by atoms with Crippen molar-refractivity contribution in [3.05, 3.63) is 57.4 Å². The number of benzene rings is 1. The molecule has 10 heteroatoms. The van der Waals surface area contributed by atoms with Gasteiger partial charge >= 0.3 is 5.97 Å². The van der Waals surface area contributed by atoms with E-state index in [1.807, 2.05) is 31.7 Å². The third kappa shape index (κ3) is 5.73. The predicted molar refractivity (Wildman–Crippen MR) is 164 cm³/mol. The molecule has 1 aromatic heterocycles. The molecule has 1 aromatic carbocycles. The van der Waals surface area contributed by atoms with Crippen LogP contribution in [0.1, 0.15) is 98.6 Å². The van der Waals surface area contributed by atoms with Gasteiger partial charge in [-0.2, -0.15) is 9.78 Å². The maximum atomic E-state index is 15.8. The van der Waals surface area contributed by atoms with Crippen molar-refractivity contribution in [2.45, 2.75) is 95.9 Å². The first kappa shape index (κ1) is 31.0. The molecule has 2 aromatic rings. The smallest absolute Gasteiger partial charge is 0.309 e. The largest absolute Gasteiger partial charge is 0.460 e. The first-order chi connectivity index (χ1) is 20.9. The van der Waals surface area contributed by atoms with E-state index in [1.54, 1.807) is 25.3 Å². The quantitative estimate of drug-likeness (QED) is 0.363. The number of nitrogens with zero attached hydrogens (tertiary/aromatic N) is 3. The highest BCUT2D eigenvalue weighted by atomic mass is 35.5. The highest BCUT2D eigenvalue weighted by Gasteiger charge is 2.44. The Hall–Kier alpha value is -3.04. The summed E-state index contributed by atoms with van der Waals surface area (Å²) in [5, 5.41) is 5.07. The van der Waals surface area contributed by atoms with Crippen LogP contribution in [0.5, 0.6) is 0 Å². The minimum Gasteiger partial charge on any atom is -0.460 e. The number of esters is 1. The molecule has 2 heterocycles. The molecule has 0 N–H and O–H groups in total. The fourth-order valence-corrected chi connectivity index (χ4v) is 7.15. The highest BCUT2D eigenvalue weighted by molar-refractivity contribution is 6.34. The van der Waals surface area contributed by atoms with Gasteiger partial charge in [0, 0.05) is 43.7 Å². The molecule has 1 saturated heterocycles. The summed E-state index contributed by atoms with van der Waals surface area (Å²) in [5.74, 6) is -1.16. The van der Waals surface area contributed by atoms with E-state index in [4.69, 9.17) is 26.2 Å². The van der Waals surface area contributed by atoms with Crippen LogP contribution in [0.15, 0.2) is 24.3 Å². The van der Waals surface area contributed by atoms with Crippen molar-refractivity contribution in [1.82, 2.24) is 14.7 Å². The van der Waals surface area contributed by atoms with E-state index in [0.29, 0.717) is 75.7 Å². The van der Waals surface area contributed by atoms with Crippen LogP contribution in [-0.2, 0) is 37.6 Å². The summed E-state index contributed by atoms with van der Waals surface area (Å²) in [6, 6.07) is 4.94. The Balaban J connectivity index is 1.35. The van der Waals surface area contributed by atoms with Gasteiger partial charge in [0.25, 0.3) is 5.91 Å². The number of alkyl halides is 1. The minimum atomic E-state index is -1.59. The number of allylic oxidation sites excluding steroid dienone is 2. The van der Waals surface area contributed by atoms with Crippen LogP contribution in [0.3, 0.4) is 0 Å². The van der Waals surface area contributed by atoms with E-state index in [0.717, 1.165) is 23.3 Å². The Morgan fingerprint density at radius 3 is 2.43 bits per heavy atom. The number of fused-ring (bicyclic) bond motifs is 1. The summed E-state index contributed by atoms with van der Waals surface area (Å²) in [6.07, 6.45) is 6.87. The number of methoxy groups -OCH3 is 1. The van der Waals surface area contributed by atoms with Crippen LogP contribution in [0.4, 0.5) is 4.39 Å². The Labute approximate surface area is 262 Å². The molecule has 2 unspecified atom stereocenters. The zero-order chi connectivity index (χ0) is 31.4. The van der Waals surface area contributed by atoms with Gasteiger partial charge in [-0.3, -0.25) is 14.4 Å². The lowest BCUT2D eigenvalue weighted by Gasteiger charge is -2.40. The molecule has 2 fully saturated rings. The monoisotopic (exact) mass is 625 g/mol. The molecular weight excluding hydrogens is 585 g/mol. The first-order valence-corrected chi connectivity index (χ1v) is 16.1. The number of halogens is 2. The molecule has 8 nitrogen and oxygen atoms in total. The summed E-state index contributed by atoms with van der Waals surface area (Å²) in [5.41, 5.74) is 1.61. The molecule has 1 amide bonds. The number of ether oxygens (including phenoxy) is 2. The number of hydrogen-bond acceptors (Lipinski definition) is 6. The van der Waals surface area contributed by atoms with E-state index in [9.17, 15) is 14.4 Å². The standard InChI is InChI=1S/C34H41ClFN3O5/c1-33(2,3)44-32(42)21-11-9-20(10-12-21)29-24-14-13-22(30(40)38-18-23(19-38)43-4)17-27(24)39(37-29)31(41)28-25(7-5-8-26(28)35)34(36)15-6-16-34/h5,7-9,21-23H,6,10-19H2,1-4H3. The van der Waals surface area contributed by atoms with Gasteiger partial charge in [-0.25, -0.2) is 4.39 Å². The number of rotatable bonds is 6. The highest BCUT2D eigenvalue weighted by Crippen LogP contribution is 2.48. The lowest BCUT2D eigenvalue weighted by Crippen LogP contribution is -2.56. The second-order valence-corrected chi connectivity index (χ2v) is 14.2. The maximum Gasteiger partial charge on any atom is 0.309 e. The molecule has 6 rings (SSSR count). The molecule has 2 atom stereocenters. The van der Waals surface area contributed by atoms with E-state index in [1.165, 1.54) is 4.68 Å². The molecular formula is C34H41ClFN3O5. The summed E-state index contributed by atoms with van der Waals surface area (Å²) in [6.45, 7) is 6.72. The number of amides is 1. The second kappa shape index (κ2) is 11.7. The van der Waals surface area contributed by atoms with Crippen molar-refractivity contribution in [2.24, 2.45) is 11.8 Å². The van der Waals surface area contributed by atoms with Crippen molar-refractivity contribution >= 4 is 35.0 Å². The van der Waals surface area contributed by atoms with Crippen LogP contribution in [0, 0.1) is 11.8 Å². The molecule has 44 heavy (non-hydrogen) atoms. The molecule has 3 aliphatic carbocycles. The van der Waals surface area contributed by atoms with Crippen molar-refractivity contribution in [3.63, 3.8) is 0 Å². The van der Waals surface area contributed by atoms with Gasteiger partial charge in [-0.1, -0.05) is 29.8 Å². The van der Waals surface area contributed by atoms with Crippen LogP contribution >= 0.6 is 11.6 Å². The van der Waals surface area contributed by atoms with E-state index >= 15 is 4.39 Å². The molecule has 236 valence electrons. The van der Waals surface area contributed by atoms with Gasteiger partial charge in [-0.05, 0) is 83.8 Å². The third-order valence-electron chi connectivity index (χ3n) is 9.62. The van der Waals surface area contributed by atoms with E-state index in [-0.39, 0.29) is 40.4 Å². The lowest BCUT2D eigenvalue weighted by atomic mass is 9.75. The molecule has 0 bridgehead atoms. The zero-order valence-electron chi connectivity index (χ0n) is 26.0. The molecule has 0 radical (unpaired) electrons. The van der Waals surface area contributed by atoms with Crippen molar-refractivity contribution in [2.75, 3.05) is 20.2 Å². The summed E-state index contributed by atoms with van der Waals surface area (Å²) >= 11 is 6.61. The van der Waals surface area contributed by atoms with Gasteiger partial charge < -0.3 is 14.4 Å². The summed E-state index contributed by atoms with van der Waals surface area (Å²) < 4.78 is 28.2. The van der Waals surface area contributed by atoms with Gasteiger partial charge in [0.2, 0.25) is 5.91 Å². The fourth-order valence-electron chi connectivity index (χ4n) is 6.90. The Bertz CT molecular complexity index is 1520. The Kier molecular flexibility index (Phi) is 8.24. The van der Waals surface area contributed by atoms with Crippen LogP contribution in [0.2, 0.25) is 5.02 Å². The first-order valence-electron chi connectivity index (χ1n) is 15.8. The second-order valence-electron chi connectivity index (χ2n) is 13.7. The van der Waals surface area contributed by atoms with Crippen LogP contribution in [0.25, 0.3) is 5.57 Å². The number of aromatic nitrogens is 2. The van der Waals surface area contributed by atoms with Crippen LogP contribution < -0.4 is 0 Å². The topological polar surface area (TPSA) is 90.7 Å². The molecule has 1 saturated carbocycles. The van der Waals surface area contributed by atoms with E-state index in [2.05, 4.69) is 0 Å². The fraction of sp³-hybridized carbons (Fsp3) is 0.588. The molecule has 4 aliphatic rings. The number of carbonyl (C=O) groups is 3. The average Bonchev–Trinajstić information content (AvgIpc) is 3.33. The Morgan fingerprint density at radius 1 is 1.09 bits per heavy atom. The summed E-state index contributed by atoms with van der Waals surface area (Å²) in [7, 11) is 1.65. The molecule has 1 aliphatic heterocycles. The van der Waals surface area contributed by atoms with Gasteiger partial charge in [-0.15, -0.1) is 0 Å². The SMILES string of the molecule is COC1CN(C(=O)C2CCc3c(C4=CCC(C(=O)OC(C)(C)C)CC4)nn(C(=O)c4c(Cl)cccc4C4(F)CCC4)c3C2)C1. The predicted octanol–water partition coefficient (Wildman–Crippen LogP) is 6.06. The van der Waals surface area contributed by atoms with Crippen molar-refractivity contribution in [3.8, 4) is 0 Å². The van der Waals surface area contributed by atoms with Gasteiger partial charge in [0.1, 0.15) is 11.3 Å². The van der Waals surface area contributed by atoms with Crippen molar-refractivity contribution in [1.29, 1.82) is 0 Å².